The molecule has 1 aliphatic heterocycles. The van der Waals surface area contributed by atoms with Crippen molar-refractivity contribution in [2.75, 3.05) is 20.3 Å². The summed E-state index contributed by atoms with van der Waals surface area (Å²) < 4.78 is 16.4. The molecule has 2 fully saturated rings. The summed E-state index contributed by atoms with van der Waals surface area (Å²) in [6.07, 6.45) is 1.95. The Kier molecular flexibility index (Phi) is 4.36. The molecule has 0 unspecified atom stereocenters. The van der Waals surface area contributed by atoms with E-state index in [-0.39, 0.29) is 12.0 Å². The minimum Gasteiger partial charge on any atom is -0.481 e. The summed E-state index contributed by atoms with van der Waals surface area (Å²) in [6.45, 7) is 4.68. The molecule has 1 saturated heterocycles. The molecule has 4 rings (SSSR count). The van der Waals surface area contributed by atoms with Gasteiger partial charge in [0.05, 0.1) is 19.8 Å². The van der Waals surface area contributed by atoms with Crippen LogP contribution < -0.4 is 4.74 Å². The molecule has 0 spiro atoms. The Morgan fingerprint density at radius 3 is 2.85 bits per heavy atom. The quantitative estimate of drug-likeness (QED) is 0.828. The maximum atomic E-state index is 13.2. The zero-order chi connectivity index (χ0) is 18.3. The Bertz CT molecular complexity index is 817. The monoisotopic (exact) mass is 358 g/mol. The number of nitrogens with zero attached hydrogens (tertiary/aromatic N) is 4. The van der Waals surface area contributed by atoms with E-state index in [1.54, 1.807) is 17.0 Å². The molecule has 0 N–H and O–H groups in total. The predicted octanol–water partition coefficient (Wildman–Crippen LogP) is 2.26. The molecule has 8 nitrogen and oxygen atoms in total. The Balaban J connectivity index is 1.65. The molecule has 0 aromatic carbocycles. The van der Waals surface area contributed by atoms with Crippen molar-refractivity contribution < 1.29 is 18.8 Å². The van der Waals surface area contributed by atoms with Gasteiger partial charge in [-0.15, -0.1) is 0 Å². The number of carbonyl (C=O) groups is 1. The first kappa shape index (κ1) is 17.0. The van der Waals surface area contributed by atoms with Crippen molar-refractivity contribution in [1.82, 2.24) is 20.0 Å². The van der Waals surface area contributed by atoms with Crippen LogP contribution in [0.1, 0.15) is 59.5 Å². The van der Waals surface area contributed by atoms with Crippen LogP contribution in [0.5, 0.6) is 5.88 Å². The van der Waals surface area contributed by atoms with E-state index in [0.29, 0.717) is 36.4 Å². The van der Waals surface area contributed by atoms with Crippen molar-refractivity contribution in [3.63, 3.8) is 0 Å². The molecule has 8 heteroatoms. The number of ether oxygens (including phenoxy) is 2. The van der Waals surface area contributed by atoms with Crippen LogP contribution in [0.3, 0.4) is 0 Å². The highest BCUT2D eigenvalue weighted by Crippen LogP contribution is 2.39. The second-order valence-electron chi connectivity index (χ2n) is 6.82. The molecule has 138 valence electrons. The SMILES string of the molecule is COc1cc(C(=O)N2CCO[C@H](C)[C@H]2c2nc(C3CC3)no2)cc(C)n1. The molecule has 1 saturated carbocycles. The maximum absolute atomic E-state index is 13.2. The smallest absolute Gasteiger partial charge is 0.254 e. The molecule has 1 amide bonds. The van der Waals surface area contributed by atoms with Gasteiger partial charge in [-0.25, -0.2) is 4.98 Å². The summed E-state index contributed by atoms with van der Waals surface area (Å²) in [6, 6.07) is 3.00. The molecule has 2 aromatic heterocycles. The lowest BCUT2D eigenvalue weighted by atomic mass is 10.1. The highest BCUT2D eigenvalue weighted by molar-refractivity contribution is 5.95. The van der Waals surface area contributed by atoms with Crippen LogP contribution in [0.4, 0.5) is 0 Å². The summed E-state index contributed by atoms with van der Waals surface area (Å²) in [7, 11) is 1.54. The third-order valence-electron chi connectivity index (χ3n) is 4.79. The minimum absolute atomic E-state index is 0.125. The zero-order valence-electron chi connectivity index (χ0n) is 15.1. The summed E-state index contributed by atoms with van der Waals surface area (Å²) in [5.74, 6) is 1.85. The molecule has 2 aromatic rings. The van der Waals surface area contributed by atoms with E-state index in [1.807, 2.05) is 13.8 Å². The van der Waals surface area contributed by atoms with Crippen molar-refractivity contribution in [3.05, 3.63) is 35.1 Å². The third-order valence-corrected chi connectivity index (χ3v) is 4.79. The topological polar surface area (TPSA) is 90.6 Å². The molecule has 0 radical (unpaired) electrons. The van der Waals surface area contributed by atoms with Crippen LogP contribution in [0.25, 0.3) is 0 Å². The van der Waals surface area contributed by atoms with E-state index in [2.05, 4.69) is 15.1 Å². The van der Waals surface area contributed by atoms with Crippen LogP contribution in [-0.4, -0.2) is 52.3 Å². The number of hydrogen-bond acceptors (Lipinski definition) is 7. The van der Waals surface area contributed by atoms with E-state index in [9.17, 15) is 4.79 Å². The number of amides is 1. The Hall–Kier alpha value is -2.48. The van der Waals surface area contributed by atoms with Crippen molar-refractivity contribution >= 4 is 5.91 Å². The van der Waals surface area contributed by atoms with Crippen molar-refractivity contribution in [3.8, 4) is 5.88 Å². The molecular weight excluding hydrogens is 336 g/mol. The molecule has 0 bridgehead atoms. The fraction of sp³-hybridized carbons (Fsp3) is 0.556. The number of carbonyl (C=O) groups excluding carboxylic acids is 1. The van der Waals surface area contributed by atoms with Gasteiger partial charge in [-0.05, 0) is 32.8 Å². The maximum Gasteiger partial charge on any atom is 0.254 e. The molecule has 3 heterocycles. The summed E-state index contributed by atoms with van der Waals surface area (Å²) in [4.78, 5) is 23.7. The number of rotatable bonds is 4. The average molecular weight is 358 g/mol. The van der Waals surface area contributed by atoms with Gasteiger partial charge in [-0.3, -0.25) is 4.79 Å². The Labute approximate surface area is 151 Å². The van der Waals surface area contributed by atoms with Crippen LogP contribution in [0.15, 0.2) is 16.7 Å². The van der Waals surface area contributed by atoms with Gasteiger partial charge in [0.1, 0.15) is 6.04 Å². The fourth-order valence-corrected chi connectivity index (χ4v) is 3.29. The number of hydrogen-bond donors (Lipinski definition) is 0. The molecule has 1 aliphatic carbocycles. The van der Waals surface area contributed by atoms with E-state index in [4.69, 9.17) is 14.0 Å². The van der Waals surface area contributed by atoms with Gasteiger partial charge < -0.3 is 18.9 Å². The number of morpholine rings is 1. The first-order valence-electron chi connectivity index (χ1n) is 8.85. The van der Waals surface area contributed by atoms with Crippen molar-refractivity contribution in [2.45, 2.75) is 44.8 Å². The van der Waals surface area contributed by atoms with Crippen LogP contribution in [-0.2, 0) is 4.74 Å². The highest BCUT2D eigenvalue weighted by Gasteiger charge is 2.39. The summed E-state index contributed by atoms with van der Waals surface area (Å²) >= 11 is 0. The highest BCUT2D eigenvalue weighted by atomic mass is 16.5. The lowest BCUT2D eigenvalue weighted by Crippen LogP contribution is -2.47. The molecule has 26 heavy (non-hydrogen) atoms. The van der Waals surface area contributed by atoms with Gasteiger partial charge in [-0.2, -0.15) is 4.98 Å². The Morgan fingerprint density at radius 1 is 1.31 bits per heavy atom. The van der Waals surface area contributed by atoms with E-state index < -0.39 is 6.04 Å². The largest absolute Gasteiger partial charge is 0.481 e. The number of methoxy groups -OCH3 is 1. The standard InChI is InChI=1S/C18H22N4O4/c1-10-8-13(9-14(19-10)24-3)18(23)22-6-7-25-11(2)15(22)17-20-16(21-26-17)12-4-5-12/h8-9,11-12,15H,4-7H2,1-3H3/t11-,15+/m1/s1. The Morgan fingerprint density at radius 2 is 2.12 bits per heavy atom. The lowest BCUT2D eigenvalue weighted by Gasteiger charge is -2.37. The fourth-order valence-electron chi connectivity index (χ4n) is 3.29. The summed E-state index contributed by atoms with van der Waals surface area (Å²) in [5.41, 5.74) is 1.25. The number of aryl methyl sites for hydroxylation is 1. The minimum atomic E-state index is -0.407. The van der Waals surface area contributed by atoms with Gasteiger partial charge >= 0.3 is 0 Å². The van der Waals surface area contributed by atoms with Gasteiger partial charge in [-0.1, -0.05) is 5.16 Å². The first-order chi connectivity index (χ1) is 12.6. The van der Waals surface area contributed by atoms with Gasteiger partial charge in [0.25, 0.3) is 11.8 Å². The van der Waals surface area contributed by atoms with Gasteiger partial charge in [0.2, 0.25) is 5.88 Å². The van der Waals surface area contributed by atoms with Crippen molar-refractivity contribution in [1.29, 1.82) is 0 Å². The number of pyridine rings is 1. The van der Waals surface area contributed by atoms with Crippen LogP contribution in [0.2, 0.25) is 0 Å². The lowest BCUT2D eigenvalue weighted by molar-refractivity contribution is -0.0600. The average Bonchev–Trinajstić information content (AvgIpc) is 3.38. The van der Waals surface area contributed by atoms with E-state index >= 15 is 0 Å². The summed E-state index contributed by atoms with van der Waals surface area (Å²) in [5, 5.41) is 4.09. The van der Waals surface area contributed by atoms with E-state index in [0.717, 1.165) is 24.4 Å². The second-order valence-corrected chi connectivity index (χ2v) is 6.82. The first-order valence-corrected chi connectivity index (χ1v) is 8.85. The molecule has 2 atom stereocenters. The second kappa shape index (κ2) is 6.68. The third kappa shape index (κ3) is 3.16. The van der Waals surface area contributed by atoms with Crippen molar-refractivity contribution in [2.24, 2.45) is 0 Å². The normalized spacial score (nSPS) is 23.1. The van der Waals surface area contributed by atoms with Gasteiger partial charge in [0.15, 0.2) is 5.82 Å². The van der Waals surface area contributed by atoms with E-state index in [1.165, 1.54) is 7.11 Å². The van der Waals surface area contributed by atoms with Crippen LogP contribution >= 0.6 is 0 Å². The molecule has 2 aliphatic rings. The predicted molar refractivity (Wildman–Crippen MR) is 91.0 cm³/mol. The van der Waals surface area contributed by atoms with Gasteiger partial charge in [0, 0.05) is 29.8 Å². The zero-order valence-corrected chi connectivity index (χ0v) is 15.1. The van der Waals surface area contributed by atoms with Crippen LogP contribution in [0, 0.1) is 6.92 Å². The molecular formula is C18H22N4O4. The number of aromatic nitrogens is 3.